The van der Waals surface area contributed by atoms with E-state index in [4.69, 9.17) is 14.2 Å². The molecule has 0 spiro atoms. The van der Waals surface area contributed by atoms with Crippen molar-refractivity contribution in [2.45, 2.75) is 47.9 Å². The molecule has 0 amide bonds. The van der Waals surface area contributed by atoms with Gasteiger partial charge in [-0.25, -0.2) is 0 Å². The van der Waals surface area contributed by atoms with Crippen LogP contribution in [0.5, 0.6) is 17.2 Å². The molecule has 5 rings (SSSR count). The number of halogens is 1. The number of hydrogen-bond donors (Lipinski definition) is 3. The molecule has 1 heterocycles. The molecule has 0 aromatic heterocycles. The average molecular weight is 608 g/mol. The van der Waals surface area contributed by atoms with E-state index in [2.05, 4.69) is 0 Å². The molecule has 10 heteroatoms. The molecule has 190 valence electrons. The molecule has 36 heavy (non-hydrogen) atoms. The molecule has 3 N–H and O–H groups in total. The molecule has 1 saturated heterocycles. The normalized spacial score (nSPS) is 25.1. The maximum absolute atomic E-state index is 13.6. The largest absolute Gasteiger partial charge is 0.507 e. The van der Waals surface area contributed by atoms with Crippen molar-refractivity contribution in [3.05, 3.63) is 51.6 Å². The van der Waals surface area contributed by atoms with Crippen LogP contribution in [0.15, 0.2) is 18.2 Å². The number of rotatable bonds is 5. The van der Waals surface area contributed by atoms with E-state index in [-0.39, 0.29) is 52.0 Å². The lowest BCUT2D eigenvalue weighted by Gasteiger charge is -2.40. The summed E-state index contributed by atoms with van der Waals surface area (Å²) in [6, 6.07) is 4.57. The topological polar surface area (TPSA) is 140 Å². The van der Waals surface area contributed by atoms with E-state index in [1.165, 1.54) is 13.2 Å². The predicted octanol–water partition coefficient (Wildman–Crippen LogP) is 3.15. The van der Waals surface area contributed by atoms with Gasteiger partial charge in [-0.3, -0.25) is 14.4 Å². The van der Waals surface area contributed by atoms with Gasteiger partial charge in [-0.05, 0) is 38.2 Å². The van der Waals surface area contributed by atoms with Crippen molar-refractivity contribution in [2.75, 3.05) is 20.3 Å². The highest BCUT2D eigenvalue weighted by Crippen LogP contribution is 2.54. The smallest absolute Gasteiger partial charge is 0.202 e. The summed E-state index contributed by atoms with van der Waals surface area (Å²) < 4.78 is 16.0. The Hall–Kier alpha value is -2.54. The lowest BCUT2D eigenvalue weighted by molar-refractivity contribution is -0.194. The number of aliphatic hydroxyl groups is 1. The van der Waals surface area contributed by atoms with Crippen molar-refractivity contribution in [3.63, 3.8) is 0 Å². The van der Waals surface area contributed by atoms with Crippen LogP contribution in [-0.2, 0) is 20.7 Å². The Kier molecular flexibility index (Phi) is 6.56. The van der Waals surface area contributed by atoms with Gasteiger partial charge in [0.15, 0.2) is 17.9 Å². The molecule has 0 saturated carbocycles. The number of benzene rings is 2. The Labute approximate surface area is 220 Å². The minimum Gasteiger partial charge on any atom is -0.507 e. The number of aliphatic hydroxyl groups excluding tert-OH is 1. The van der Waals surface area contributed by atoms with Crippen LogP contribution in [0.4, 0.5) is 0 Å². The number of Topliss-reactive ketones (excluding diaryl/α,β-unsaturated/α-hetero) is 1. The molecule has 0 radical (unpaired) electrons. The zero-order valence-corrected chi connectivity index (χ0v) is 21.7. The molecule has 2 aromatic rings. The monoisotopic (exact) mass is 608 g/mol. The van der Waals surface area contributed by atoms with Crippen molar-refractivity contribution in [1.29, 1.82) is 0 Å². The fourth-order valence-corrected chi connectivity index (χ4v) is 6.32. The number of fused-ring (bicyclic) bond motifs is 3. The first-order chi connectivity index (χ1) is 17.2. The van der Waals surface area contributed by atoms with Gasteiger partial charge in [-0.15, -0.1) is 0 Å². The molecule has 0 bridgehead atoms. The van der Waals surface area contributed by atoms with E-state index in [0.29, 0.717) is 13.0 Å². The fraction of sp³-hybridized carbons (Fsp3) is 0.423. The quantitative estimate of drug-likeness (QED) is 0.227. The first-order valence-electron chi connectivity index (χ1n) is 11.7. The van der Waals surface area contributed by atoms with Gasteiger partial charge >= 0.3 is 0 Å². The zero-order valence-electron chi connectivity index (χ0n) is 19.5. The minimum absolute atomic E-state index is 0.00902. The second kappa shape index (κ2) is 9.40. The number of alkyl halides is 1. The van der Waals surface area contributed by atoms with Crippen LogP contribution in [0.1, 0.15) is 74.8 Å². The van der Waals surface area contributed by atoms with Crippen molar-refractivity contribution in [2.24, 2.45) is 0 Å². The summed E-state index contributed by atoms with van der Waals surface area (Å²) >= 11 is 1.93. The van der Waals surface area contributed by atoms with Gasteiger partial charge in [0.25, 0.3) is 0 Å². The summed E-state index contributed by atoms with van der Waals surface area (Å²) in [5.74, 6) is -2.53. The molecule has 2 aromatic carbocycles. The van der Waals surface area contributed by atoms with Crippen LogP contribution in [-0.4, -0.2) is 62.7 Å². The summed E-state index contributed by atoms with van der Waals surface area (Å²) in [5.41, 5.74) is -0.287. The minimum atomic E-state index is -1.17. The van der Waals surface area contributed by atoms with Gasteiger partial charge in [-0.1, -0.05) is 34.7 Å². The SMILES string of the molecule is COc1cccc2c1C(=O)c1c(O)c3c(c(O)c1C2=O)C[C@@](I)(C(=O)CO)CC3O[C@H]1CCCCO1. The molecule has 1 unspecified atom stereocenters. The Morgan fingerprint density at radius 3 is 2.56 bits per heavy atom. The summed E-state index contributed by atoms with van der Waals surface area (Å²) in [6.45, 7) is -0.215. The van der Waals surface area contributed by atoms with Gasteiger partial charge in [0.1, 0.15) is 23.9 Å². The Bertz CT molecular complexity index is 1280. The van der Waals surface area contributed by atoms with Crippen molar-refractivity contribution in [3.8, 4) is 17.2 Å². The molecular formula is C26H25IO9. The molecule has 1 aliphatic heterocycles. The second-order valence-corrected chi connectivity index (χ2v) is 11.3. The number of methoxy groups -OCH3 is 1. The van der Waals surface area contributed by atoms with Crippen LogP contribution in [0.3, 0.4) is 0 Å². The summed E-state index contributed by atoms with van der Waals surface area (Å²) in [7, 11) is 1.37. The number of aromatic hydroxyl groups is 2. The number of carbonyl (C=O) groups excluding carboxylic acids is 3. The number of ketones is 3. The van der Waals surface area contributed by atoms with Crippen LogP contribution in [0, 0.1) is 0 Å². The third-order valence-corrected chi connectivity index (χ3v) is 8.57. The van der Waals surface area contributed by atoms with Gasteiger partial charge in [0, 0.05) is 23.3 Å². The van der Waals surface area contributed by atoms with E-state index in [1.807, 2.05) is 22.6 Å². The van der Waals surface area contributed by atoms with Gasteiger partial charge in [0.05, 0.1) is 33.3 Å². The number of ether oxygens (including phenoxy) is 3. The maximum atomic E-state index is 13.6. The Morgan fingerprint density at radius 2 is 1.89 bits per heavy atom. The first kappa shape index (κ1) is 25.1. The van der Waals surface area contributed by atoms with Crippen LogP contribution < -0.4 is 4.74 Å². The van der Waals surface area contributed by atoms with Gasteiger partial charge in [0.2, 0.25) is 5.78 Å². The summed E-state index contributed by atoms with van der Waals surface area (Å²) in [5, 5.41) is 32.5. The molecular weight excluding hydrogens is 583 g/mol. The van der Waals surface area contributed by atoms with Crippen LogP contribution in [0.2, 0.25) is 0 Å². The number of carbonyl (C=O) groups is 3. The lowest BCUT2D eigenvalue weighted by Crippen LogP contribution is -2.43. The van der Waals surface area contributed by atoms with E-state index < -0.39 is 51.3 Å². The second-order valence-electron chi connectivity index (χ2n) is 9.23. The number of phenolic OH excluding ortho intramolecular Hbond substituents is 2. The van der Waals surface area contributed by atoms with E-state index in [1.54, 1.807) is 12.1 Å². The zero-order chi connectivity index (χ0) is 25.8. The number of hydrogen-bond acceptors (Lipinski definition) is 9. The Balaban J connectivity index is 1.72. The Morgan fingerprint density at radius 1 is 1.14 bits per heavy atom. The van der Waals surface area contributed by atoms with Crippen molar-refractivity contribution in [1.82, 2.24) is 0 Å². The molecule has 9 nitrogen and oxygen atoms in total. The average Bonchev–Trinajstić information content (AvgIpc) is 2.88. The fourth-order valence-electron chi connectivity index (χ4n) is 5.37. The highest BCUT2D eigenvalue weighted by atomic mass is 127. The van der Waals surface area contributed by atoms with E-state index in [9.17, 15) is 29.7 Å². The molecule has 3 aliphatic rings. The highest BCUT2D eigenvalue weighted by molar-refractivity contribution is 14.1. The first-order valence-corrected chi connectivity index (χ1v) is 12.8. The predicted molar refractivity (Wildman–Crippen MR) is 134 cm³/mol. The third kappa shape index (κ3) is 3.82. The van der Waals surface area contributed by atoms with Crippen molar-refractivity contribution >= 4 is 39.9 Å². The van der Waals surface area contributed by atoms with Crippen LogP contribution >= 0.6 is 22.6 Å². The third-order valence-electron chi connectivity index (χ3n) is 7.15. The highest BCUT2D eigenvalue weighted by Gasteiger charge is 2.49. The molecule has 2 aliphatic carbocycles. The standard InChI is InChI=1S/C26H25IO9/c1-34-14-6-4-5-12-18(14)24(32)21-20(22(12)30)23(31)13-9-26(27,16(29)11-28)10-15(19(13)25(21)33)36-17-7-2-3-8-35-17/h4-6,15,17,28,31,33H,2-3,7-11H2,1H3/t15?,17-,26-/m0/s1. The summed E-state index contributed by atoms with van der Waals surface area (Å²) in [4.78, 5) is 39.9. The van der Waals surface area contributed by atoms with E-state index in [0.717, 1.165) is 12.8 Å². The maximum Gasteiger partial charge on any atom is 0.202 e. The van der Waals surface area contributed by atoms with Gasteiger partial charge < -0.3 is 29.5 Å². The van der Waals surface area contributed by atoms with Crippen LogP contribution in [0.25, 0.3) is 0 Å². The van der Waals surface area contributed by atoms with Crippen molar-refractivity contribution < 1.29 is 43.9 Å². The lowest BCUT2D eigenvalue weighted by atomic mass is 9.73. The molecule has 3 atom stereocenters. The van der Waals surface area contributed by atoms with Gasteiger partial charge in [-0.2, -0.15) is 0 Å². The molecule has 1 fully saturated rings. The summed E-state index contributed by atoms with van der Waals surface area (Å²) in [6.07, 6.45) is 0.851. The number of phenols is 2. The van der Waals surface area contributed by atoms with E-state index >= 15 is 0 Å².